The Morgan fingerprint density at radius 2 is 2.24 bits per heavy atom. The first-order chi connectivity index (χ1) is 9.98. The van der Waals surface area contributed by atoms with E-state index in [2.05, 4.69) is 26.1 Å². The molecule has 3 aliphatic carbocycles. The number of hydrogen-bond acceptors (Lipinski definition) is 5. The SMILES string of the molecule is CC(I)(C(=O)OC1CC2CCC1C1COC(=O)C21)C1N[I-]1. The number of hydrogen-bond donors (Lipinski definition) is 1. The fourth-order valence-corrected chi connectivity index (χ4v) is 7.52. The summed E-state index contributed by atoms with van der Waals surface area (Å²) >= 11 is 2.21. The van der Waals surface area contributed by atoms with Gasteiger partial charge in [0.1, 0.15) is 0 Å². The third-order valence-corrected chi connectivity index (χ3v) is 10.2. The summed E-state index contributed by atoms with van der Waals surface area (Å²) in [5.41, 5.74) is 0. The number of ether oxygens (including phenoxy) is 2. The summed E-state index contributed by atoms with van der Waals surface area (Å²) in [6.07, 6.45) is 2.96. The first-order valence-corrected chi connectivity index (χ1v) is 10.8. The number of rotatable bonds is 3. The van der Waals surface area contributed by atoms with Crippen LogP contribution in [0, 0.1) is 23.7 Å². The van der Waals surface area contributed by atoms with Crippen LogP contribution >= 0.6 is 22.6 Å². The van der Waals surface area contributed by atoms with Crippen molar-refractivity contribution < 1.29 is 40.5 Å². The van der Waals surface area contributed by atoms with E-state index in [1.807, 2.05) is 6.92 Å². The van der Waals surface area contributed by atoms with Crippen molar-refractivity contribution in [3.8, 4) is 0 Å². The van der Waals surface area contributed by atoms with Gasteiger partial charge < -0.3 is 0 Å². The number of nitrogens with one attached hydrogen (secondary N) is 1. The summed E-state index contributed by atoms with van der Waals surface area (Å²) in [6.45, 7) is 2.49. The first-order valence-electron chi connectivity index (χ1n) is 7.43. The van der Waals surface area contributed by atoms with Crippen molar-refractivity contribution in [1.82, 2.24) is 3.53 Å². The van der Waals surface area contributed by atoms with Gasteiger partial charge in [-0.1, -0.05) is 0 Å². The average molecular weight is 518 g/mol. The molecule has 21 heavy (non-hydrogen) atoms. The molecule has 3 saturated carbocycles. The molecule has 7 atom stereocenters. The van der Waals surface area contributed by atoms with E-state index >= 15 is 0 Å². The van der Waals surface area contributed by atoms with Crippen LogP contribution in [0.15, 0.2) is 0 Å². The first kappa shape index (κ1) is 14.9. The van der Waals surface area contributed by atoms with Crippen LogP contribution < -0.4 is 25.0 Å². The summed E-state index contributed by atoms with van der Waals surface area (Å²) < 4.78 is 14.4. The second-order valence-corrected chi connectivity index (χ2v) is 11.4. The Morgan fingerprint density at radius 3 is 2.95 bits per heavy atom. The molecule has 5 aliphatic rings. The van der Waals surface area contributed by atoms with Crippen molar-refractivity contribution in [3.63, 3.8) is 0 Å². The maximum absolute atomic E-state index is 12.5. The van der Waals surface area contributed by atoms with Crippen molar-refractivity contribution >= 4 is 34.5 Å². The molecule has 2 bridgehead atoms. The van der Waals surface area contributed by atoms with Crippen LogP contribution in [0.1, 0.15) is 26.2 Å². The van der Waals surface area contributed by atoms with E-state index in [4.69, 9.17) is 9.47 Å². The van der Waals surface area contributed by atoms with Gasteiger partial charge in [0.15, 0.2) is 0 Å². The topological polar surface area (TPSA) is 74.5 Å². The molecule has 118 valence electrons. The van der Waals surface area contributed by atoms with Crippen LogP contribution in [0.25, 0.3) is 0 Å². The molecule has 2 saturated heterocycles. The quantitative estimate of drug-likeness (QED) is 0.120. The standard InChI is InChI=1S/C14H18I2NO4/c1-14(15,12-16-17-12)13(19)21-9-4-6-2-3-7(9)8-5-20-11(18)10(6)8/h6-10,12,17H,2-5H2,1H3/q-1. The van der Waals surface area contributed by atoms with E-state index in [0.29, 0.717) is 22.5 Å². The Bertz CT molecular complexity index is 493. The van der Waals surface area contributed by atoms with Crippen LogP contribution in [0.4, 0.5) is 0 Å². The fraction of sp³-hybridized carbons (Fsp3) is 0.857. The zero-order valence-electron chi connectivity index (χ0n) is 11.7. The molecular weight excluding hydrogens is 500 g/mol. The predicted octanol–water partition coefficient (Wildman–Crippen LogP) is -1.76. The van der Waals surface area contributed by atoms with Gasteiger partial charge in [0.2, 0.25) is 0 Å². The molecule has 5 nitrogen and oxygen atoms in total. The van der Waals surface area contributed by atoms with Gasteiger partial charge in [0, 0.05) is 0 Å². The molecule has 0 aromatic heterocycles. The molecule has 0 aromatic rings. The van der Waals surface area contributed by atoms with E-state index in [-0.39, 0.29) is 51.4 Å². The molecule has 5 rings (SSSR count). The van der Waals surface area contributed by atoms with E-state index < -0.39 is 3.42 Å². The minimum absolute atomic E-state index is 0.0157. The van der Waals surface area contributed by atoms with Crippen molar-refractivity contribution in [3.05, 3.63) is 0 Å². The number of carbonyl (C=O) groups excluding carboxylic acids is 2. The molecule has 2 heterocycles. The number of halogens is 2. The fourth-order valence-electron chi connectivity index (χ4n) is 4.21. The minimum atomic E-state index is -0.441. The number of alkyl halides is 2. The van der Waals surface area contributed by atoms with Gasteiger partial charge in [-0.3, -0.25) is 0 Å². The Labute approximate surface area is 148 Å². The van der Waals surface area contributed by atoms with Crippen molar-refractivity contribution in [1.29, 1.82) is 0 Å². The molecule has 0 radical (unpaired) electrons. The molecule has 2 aliphatic heterocycles. The van der Waals surface area contributed by atoms with Crippen LogP contribution in [0.3, 0.4) is 0 Å². The van der Waals surface area contributed by atoms with Crippen LogP contribution in [-0.2, 0) is 19.1 Å². The van der Waals surface area contributed by atoms with Crippen molar-refractivity contribution in [2.45, 2.75) is 39.8 Å². The van der Waals surface area contributed by atoms with E-state index in [0.717, 1.165) is 19.3 Å². The van der Waals surface area contributed by atoms with E-state index in [9.17, 15) is 9.59 Å². The van der Waals surface area contributed by atoms with Crippen molar-refractivity contribution in [2.24, 2.45) is 23.7 Å². The Kier molecular flexibility index (Phi) is 3.68. The van der Waals surface area contributed by atoms with Crippen LogP contribution in [0.2, 0.25) is 0 Å². The van der Waals surface area contributed by atoms with Gasteiger partial charge in [-0.15, -0.1) is 0 Å². The van der Waals surface area contributed by atoms with Crippen LogP contribution in [0.5, 0.6) is 0 Å². The molecule has 1 N–H and O–H groups in total. The number of fused-ring (bicyclic) bond motifs is 2. The second kappa shape index (κ2) is 5.19. The Morgan fingerprint density at radius 1 is 1.48 bits per heavy atom. The third-order valence-electron chi connectivity index (χ3n) is 5.44. The number of cyclic esters (lactones) is 1. The molecule has 5 fully saturated rings. The summed E-state index contributed by atoms with van der Waals surface area (Å²) in [5.74, 6) is 0.891. The van der Waals surface area contributed by atoms with E-state index in [1.165, 1.54) is 0 Å². The van der Waals surface area contributed by atoms with Gasteiger partial charge in [0.05, 0.1) is 0 Å². The zero-order valence-corrected chi connectivity index (χ0v) is 16.0. The molecule has 0 spiro atoms. The molecule has 7 unspecified atom stereocenters. The van der Waals surface area contributed by atoms with Gasteiger partial charge in [-0.2, -0.15) is 0 Å². The average Bonchev–Trinajstić information content (AvgIpc) is 3.24. The summed E-state index contributed by atoms with van der Waals surface area (Å²) in [7, 11) is 0. The normalized spacial score (nSPS) is 46.9. The Hall–Kier alpha value is 0.360. The maximum atomic E-state index is 12.5. The van der Waals surface area contributed by atoms with Crippen molar-refractivity contribution in [2.75, 3.05) is 6.61 Å². The van der Waals surface area contributed by atoms with E-state index in [1.54, 1.807) is 0 Å². The van der Waals surface area contributed by atoms with Gasteiger partial charge in [0.25, 0.3) is 0 Å². The van der Waals surface area contributed by atoms with Crippen LogP contribution in [-0.4, -0.2) is 32.1 Å². The summed E-state index contributed by atoms with van der Waals surface area (Å²) in [5, 5.41) is 0. The Balaban J connectivity index is 1.48. The molecule has 0 aromatic carbocycles. The summed E-state index contributed by atoms with van der Waals surface area (Å²) in [6, 6.07) is 0. The molecule has 0 amide bonds. The summed E-state index contributed by atoms with van der Waals surface area (Å²) in [4.78, 5) is 24.3. The third kappa shape index (κ3) is 2.41. The predicted molar refractivity (Wildman–Crippen MR) is 78.0 cm³/mol. The van der Waals surface area contributed by atoms with Gasteiger partial charge >= 0.3 is 149 Å². The van der Waals surface area contributed by atoms with Gasteiger partial charge in [-0.05, 0) is 0 Å². The molecular formula is C14H18I2NO4-. The second-order valence-electron chi connectivity index (χ2n) is 6.66. The molecule has 7 heteroatoms. The number of esters is 2. The monoisotopic (exact) mass is 518 g/mol. The van der Waals surface area contributed by atoms with Gasteiger partial charge in [-0.25, -0.2) is 0 Å². The zero-order chi connectivity index (χ0) is 14.8. The number of carbonyl (C=O) groups is 2.